The van der Waals surface area contributed by atoms with E-state index in [1.54, 1.807) is 6.07 Å². The molecule has 0 amide bonds. The second-order valence-electron chi connectivity index (χ2n) is 6.30. The van der Waals surface area contributed by atoms with E-state index in [2.05, 4.69) is 0 Å². The van der Waals surface area contributed by atoms with Crippen molar-refractivity contribution in [2.45, 2.75) is 44.0 Å². The van der Waals surface area contributed by atoms with E-state index >= 15 is 0 Å². The SMILES string of the molecule is O=C1CC[C@H](O)c2ccccc21.O[C@@H]1CC[C@H](O)c2ccccc21. The van der Waals surface area contributed by atoms with Gasteiger partial charge in [0, 0.05) is 12.0 Å². The van der Waals surface area contributed by atoms with Crippen molar-refractivity contribution in [3.63, 3.8) is 0 Å². The molecule has 0 spiro atoms. The van der Waals surface area contributed by atoms with Gasteiger partial charge in [0.15, 0.2) is 5.78 Å². The zero-order chi connectivity index (χ0) is 17.1. The first-order valence-corrected chi connectivity index (χ1v) is 8.33. The standard InChI is InChI=1S/C10H12O2.C10H10O2/c2*11-9-5-6-10(12)8-4-2-1-3-7(8)9/h1-4,9-12H,5-6H2;1-4,9,11H,5-6H2/t9-,10+;9-/m.0/s1. The second kappa shape index (κ2) is 7.26. The lowest BCUT2D eigenvalue weighted by molar-refractivity contribution is 0.0897. The van der Waals surface area contributed by atoms with Crippen molar-refractivity contribution in [3.05, 3.63) is 70.8 Å². The predicted octanol–water partition coefficient (Wildman–Crippen LogP) is 3.24. The number of fused-ring (bicyclic) bond motifs is 2. The molecule has 0 bridgehead atoms. The van der Waals surface area contributed by atoms with Crippen LogP contribution in [-0.2, 0) is 0 Å². The van der Waals surface area contributed by atoms with Crippen LogP contribution in [0.4, 0.5) is 0 Å². The van der Waals surface area contributed by atoms with Gasteiger partial charge < -0.3 is 15.3 Å². The van der Waals surface area contributed by atoms with Gasteiger partial charge in [-0.25, -0.2) is 0 Å². The molecule has 3 atom stereocenters. The first kappa shape index (κ1) is 16.8. The van der Waals surface area contributed by atoms with Gasteiger partial charge >= 0.3 is 0 Å². The molecule has 3 N–H and O–H groups in total. The van der Waals surface area contributed by atoms with Gasteiger partial charge in [-0.2, -0.15) is 0 Å². The van der Waals surface area contributed by atoms with Crippen LogP contribution in [0.3, 0.4) is 0 Å². The number of carbonyl (C=O) groups excluding carboxylic acids is 1. The van der Waals surface area contributed by atoms with Crippen LogP contribution in [-0.4, -0.2) is 21.1 Å². The molecule has 4 nitrogen and oxygen atoms in total. The summed E-state index contributed by atoms with van der Waals surface area (Å²) < 4.78 is 0. The predicted molar refractivity (Wildman–Crippen MR) is 90.6 cm³/mol. The van der Waals surface area contributed by atoms with E-state index < -0.39 is 6.10 Å². The van der Waals surface area contributed by atoms with E-state index in [9.17, 15) is 20.1 Å². The fraction of sp³-hybridized carbons (Fsp3) is 0.350. The van der Waals surface area contributed by atoms with Crippen LogP contribution in [0.5, 0.6) is 0 Å². The highest BCUT2D eigenvalue weighted by Gasteiger charge is 2.23. The Kier molecular flexibility index (Phi) is 5.09. The van der Waals surface area contributed by atoms with E-state index in [0.717, 1.165) is 16.7 Å². The molecule has 0 aliphatic heterocycles. The van der Waals surface area contributed by atoms with Gasteiger partial charge in [0.05, 0.1) is 18.3 Å². The van der Waals surface area contributed by atoms with Crippen molar-refractivity contribution in [2.75, 3.05) is 0 Å². The summed E-state index contributed by atoms with van der Waals surface area (Å²) >= 11 is 0. The Morgan fingerprint density at radius 1 is 0.667 bits per heavy atom. The van der Waals surface area contributed by atoms with Crippen LogP contribution in [0.1, 0.15) is 71.0 Å². The second-order valence-corrected chi connectivity index (χ2v) is 6.30. The fourth-order valence-corrected chi connectivity index (χ4v) is 3.34. The average Bonchev–Trinajstić information content (AvgIpc) is 2.63. The van der Waals surface area contributed by atoms with Gasteiger partial charge in [0.1, 0.15) is 0 Å². The maximum Gasteiger partial charge on any atom is 0.163 e. The van der Waals surface area contributed by atoms with Gasteiger partial charge in [-0.3, -0.25) is 4.79 Å². The summed E-state index contributed by atoms with van der Waals surface area (Å²) in [6.07, 6.45) is 1.15. The highest BCUT2D eigenvalue weighted by atomic mass is 16.3. The van der Waals surface area contributed by atoms with E-state index in [1.165, 1.54) is 0 Å². The van der Waals surface area contributed by atoms with Crippen LogP contribution in [0.2, 0.25) is 0 Å². The third-order valence-corrected chi connectivity index (χ3v) is 4.69. The van der Waals surface area contributed by atoms with Crippen molar-refractivity contribution < 1.29 is 20.1 Å². The molecule has 24 heavy (non-hydrogen) atoms. The Hall–Kier alpha value is -2.01. The maximum atomic E-state index is 11.3. The molecule has 0 saturated carbocycles. The molecule has 0 saturated heterocycles. The first-order chi connectivity index (χ1) is 11.6. The van der Waals surface area contributed by atoms with E-state index in [0.29, 0.717) is 31.2 Å². The van der Waals surface area contributed by atoms with Gasteiger partial charge in [0.25, 0.3) is 0 Å². The minimum absolute atomic E-state index is 0.149. The van der Waals surface area contributed by atoms with E-state index in [1.807, 2.05) is 42.5 Å². The summed E-state index contributed by atoms with van der Waals surface area (Å²) in [6, 6.07) is 14.8. The Labute approximate surface area is 141 Å². The van der Waals surface area contributed by atoms with Crippen molar-refractivity contribution in [1.82, 2.24) is 0 Å². The molecule has 2 aromatic carbocycles. The number of aliphatic hydroxyl groups excluding tert-OH is 3. The Morgan fingerprint density at radius 3 is 1.67 bits per heavy atom. The average molecular weight is 326 g/mol. The minimum Gasteiger partial charge on any atom is -0.388 e. The number of rotatable bonds is 0. The fourth-order valence-electron chi connectivity index (χ4n) is 3.34. The molecule has 126 valence electrons. The number of ketones is 1. The maximum absolute atomic E-state index is 11.3. The summed E-state index contributed by atoms with van der Waals surface area (Å²) in [5, 5.41) is 28.7. The van der Waals surface area contributed by atoms with Crippen LogP contribution >= 0.6 is 0 Å². The van der Waals surface area contributed by atoms with Crippen molar-refractivity contribution in [2.24, 2.45) is 0 Å². The highest BCUT2D eigenvalue weighted by molar-refractivity contribution is 5.98. The number of hydrogen-bond donors (Lipinski definition) is 3. The molecule has 0 unspecified atom stereocenters. The van der Waals surface area contributed by atoms with Crippen LogP contribution in [0, 0.1) is 0 Å². The van der Waals surface area contributed by atoms with Crippen LogP contribution in [0.25, 0.3) is 0 Å². The van der Waals surface area contributed by atoms with Crippen molar-refractivity contribution in [1.29, 1.82) is 0 Å². The number of carbonyl (C=O) groups is 1. The molecule has 4 heteroatoms. The lowest BCUT2D eigenvalue weighted by atomic mass is 9.87. The summed E-state index contributed by atoms with van der Waals surface area (Å²) in [6.45, 7) is 0. The third kappa shape index (κ3) is 3.41. The van der Waals surface area contributed by atoms with Crippen molar-refractivity contribution >= 4 is 5.78 Å². The minimum atomic E-state index is -0.445. The summed E-state index contributed by atoms with van der Waals surface area (Å²) in [5.41, 5.74) is 3.25. The van der Waals surface area contributed by atoms with Gasteiger partial charge in [-0.15, -0.1) is 0 Å². The highest BCUT2D eigenvalue weighted by Crippen LogP contribution is 2.35. The van der Waals surface area contributed by atoms with Crippen molar-refractivity contribution in [3.8, 4) is 0 Å². The molecule has 0 fully saturated rings. The molecular weight excluding hydrogens is 304 g/mol. The number of benzene rings is 2. The largest absolute Gasteiger partial charge is 0.388 e. The number of aliphatic hydroxyl groups is 3. The summed E-state index contributed by atoms with van der Waals surface area (Å²) in [7, 11) is 0. The Bertz CT molecular complexity index is 696. The normalized spacial score (nSPS) is 25.1. The zero-order valence-electron chi connectivity index (χ0n) is 13.4. The smallest absolute Gasteiger partial charge is 0.163 e. The molecule has 2 aliphatic rings. The lowest BCUT2D eigenvalue weighted by Crippen LogP contribution is -2.14. The van der Waals surface area contributed by atoms with Crippen LogP contribution < -0.4 is 0 Å². The lowest BCUT2D eigenvalue weighted by Gasteiger charge is -2.25. The first-order valence-electron chi connectivity index (χ1n) is 8.33. The zero-order valence-corrected chi connectivity index (χ0v) is 13.4. The molecule has 0 radical (unpaired) electrons. The van der Waals surface area contributed by atoms with E-state index in [4.69, 9.17) is 0 Å². The third-order valence-electron chi connectivity index (χ3n) is 4.69. The van der Waals surface area contributed by atoms with Gasteiger partial charge in [0.2, 0.25) is 0 Å². The molecule has 2 aromatic rings. The number of hydrogen-bond acceptors (Lipinski definition) is 4. The number of Topliss-reactive ketones (excluding diaryl/α,β-unsaturated/α-hetero) is 1. The Balaban J connectivity index is 0.000000141. The quantitative estimate of drug-likeness (QED) is 0.694. The van der Waals surface area contributed by atoms with Crippen LogP contribution in [0.15, 0.2) is 48.5 Å². The molecule has 4 rings (SSSR count). The summed E-state index contributed by atoms with van der Waals surface area (Å²) in [4.78, 5) is 11.3. The van der Waals surface area contributed by atoms with Gasteiger partial charge in [-0.1, -0.05) is 48.5 Å². The molecule has 0 aromatic heterocycles. The monoisotopic (exact) mass is 326 g/mol. The molecule has 0 heterocycles. The van der Waals surface area contributed by atoms with Gasteiger partial charge in [-0.05, 0) is 36.0 Å². The van der Waals surface area contributed by atoms with E-state index in [-0.39, 0.29) is 18.0 Å². The molecule has 2 aliphatic carbocycles. The Morgan fingerprint density at radius 2 is 1.12 bits per heavy atom. The summed E-state index contributed by atoms with van der Waals surface area (Å²) in [5.74, 6) is 0.149. The topological polar surface area (TPSA) is 77.8 Å². The molecular formula is C20H22O4.